The second-order valence-electron chi connectivity index (χ2n) is 7.53. The Morgan fingerprint density at radius 2 is 1.93 bits per heavy atom. The molecule has 1 saturated heterocycles. The Morgan fingerprint density at radius 3 is 2.73 bits per heavy atom. The van der Waals surface area contributed by atoms with Gasteiger partial charge >= 0.3 is 5.97 Å². The van der Waals surface area contributed by atoms with E-state index in [9.17, 15) is 9.90 Å². The van der Waals surface area contributed by atoms with Crippen molar-refractivity contribution in [1.82, 2.24) is 9.88 Å². The third kappa shape index (κ3) is 4.60. The van der Waals surface area contributed by atoms with Gasteiger partial charge in [0.05, 0.1) is 0 Å². The van der Waals surface area contributed by atoms with Gasteiger partial charge in [-0.2, -0.15) is 0 Å². The van der Waals surface area contributed by atoms with Gasteiger partial charge in [-0.25, -0.2) is 9.78 Å². The molecule has 2 aromatic carbocycles. The number of hydrogen-bond donors (Lipinski definition) is 1. The average Bonchev–Trinajstić information content (AvgIpc) is 3.22. The number of hydrogen-bond acceptors (Lipinski definition) is 5. The smallest absolute Gasteiger partial charge is 0.339 e. The number of aromatic nitrogens is 1. The van der Waals surface area contributed by atoms with Gasteiger partial charge in [0.15, 0.2) is 0 Å². The molecule has 3 aromatic rings. The highest BCUT2D eigenvalue weighted by Gasteiger charge is 2.28. The van der Waals surface area contributed by atoms with Crippen LogP contribution in [0, 0.1) is 0 Å². The Bertz CT molecular complexity index is 1010. The lowest BCUT2D eigenvalue weighted by Crippen LogP contribution is -2.36. The molecule has 1 aliphatic rings. The van der Waals surface area contributed by atoms with E-state index < -0.39 is 5.97 Å². The lowest BCUT2D eigenvalue weighted by Gasteiger charge is -2.27. The molecule has 4 rings (SSSR count). The maximum atomic E-state index is 11.5. The fourth-order valence-corrected chi connectivity index (χ4v) is 3.88. The molecule has 0 amide bonds. The van der Waals surface area contributed by atoms with E-state index in [1.54, 1.807) is 18.3 Å². The van der Waals surface area contributed by atoms with E-state index >= 15 is 0 Å². The van der Waals surface area contributed by atoms with Crippen molar-refractivity contribution in [2.45, 2.75) is 19.0 Å². The predicted molar refractivity (Wildman–Crippen MR) is 116 cm³/mol. The summed E-state index contributed by atoms with van der Waals surface area (Å²) in [6, 6.07) is 21.4. The van der Waals surface area contributed by atoms with Crippen molar-refractivity contribution in [2.24, 2.45) is 0 Å². The van der Waals surface area contributed by atoms with Crippen LogP contribution in [0.1, 0.15) is 22.3 Å². The summed E-state index contributed by atoms with van der Waals surface area (Å²) in [5, 5.41) is 9.45. The molecule has 0 radical (unpaired) electrons. The molecule has 154 valence electrons. The van der Waals surface area contributed by atoms with Crippen molar-refractivity contribution in [1.29, 1.82) is 0 Å². The van der Waals surface area contributed by atoms with Crippen molar-refractivity contribution >= 4 is 11.8 Å². The number of pyridine rings is 1. The van der Waals surface area contributed by atoms with Gasteiger partial charge in [-0.05, 0) is 48.4 Å². The Labute approximate surface area is 176 Å². The van der Waals surface area contributed by atoms with Crippen LogP contribution >= 0.6 is 0 Å². The number of aromatic carboxylic acids is 1. The maximum absolute atomic E-state index is 11.5. The Hall–Kier alpha value is -3.38. The number of anilines is 1. The summed E-state index contributed by atoms with van der Waals surface area (Å²) in [7, 11) is 1.93. The molecule has 0 unspecified atom stereocenters. The van der Waals surface area contributed by atoms with Crippen molar-refractivity contribution < 1.29 is 14.6 Å². The molecule has 6 heteroatoms. The molecule has 1 fully saturated rings. The van der Waals surface area contributed by atoms with Crippen LogP contribution in [-0.2, 0) is 6.54 Å². The Kier molecular flexibility index (Phi) is 5.95. The minimum absolute atomic E-state index is 0.224. The zero-order valence-corrected chi connectivity index (χ0v) is 16.9. The number of benzene rings is 2. The van der Waals surface area contributed by atoms with Crippen LogP contribution in [0.3, 0.4) is 0 Å². The van der Waals surface area contributed by atoms with Crippen molar-refractivity contribution in [3.63, 3.8) is 0 Å². The molecule has 0 saturated carbocycles. The maximum Gasteiger partial charge on any atom is 0.339 e. The number of nitrogens with zero attached hydrogens (tertiary/aromatic N) is 3. The van der Waals surface area contributed by atoms with Crippen LogP contribution in [0.4, 0.5) is 5.82 Å². The normalized spacial score (nSPS) is 16.4. The van der Waals surface area contributed by atoms with E-state index in [1.807, 2.05) is 54.4 Å². The van der Waals surface area contributed by atoms with E-state index in [4.69, 9.17) is 4.74 Å². The highest BCUT2D eigenvalue weighted by atomic mass is 16.5. The minimum Gasteiger partial charge on any atom is -0.478 e. The van der Waals surface area contributed by atoms with Crippen LogP contribution in [0.15, 0.2) is 72.9 Å². The fourth-order valence-electron chi connectivity index (χ4n) is 3.88. The third-order valence-corrected chi connectivity index (χ3v) is 5.43. The number of likely N-dealkylation sites (N-methyl/N-ethyl adjacent to an activating group) is 1. The van der Waals surface area contributed by atoms with Crippen molar-refractivity contribution in [3.8, 4) is 11.5 Å². The van der Waals surface area contributed by atoms with Gasteiger partial charge in [-0.3, -0.25) is 4.90 Å². The number of rotatable bonds is 7. The van der Waals surface area contributed by atoms with Gasteiger partial charge in [0.25, 0.3) is 0 Å². The standard InChI is InChI=1S/C24H25N3O3/c1-26(23-22(24(28)29)11-6-13-25-23)19-12-14-27(17-19)16-18-7-5-10-21(15-18)30-20-8-3-2-4-9-20/h2-11,13,15,19H,12,14,16-17H2,1H3,(H,28,29)/t19-/m0/s1. The SMILES string of the molecule is CN(c1ncccc1C(=O)O)[C@H]1CCN(Cc2cccc(Oc3ccccc3)c2)C1. The van der Waals surface area contributed by atoms with E-state index in [0.717, 1.165) is 37.6 Å². The number of carboxylic acids is 1. The van der Waals surface area contributed by atoms with Crippen LogP contribution in [0.5, 0.6) is 11.5 Å². The van der Waals surface area contributed by atoms with Crippen LogP contribution in [-0.4, -0.2) is 47.1 Å². The van der Waals surface area contributed by atoms with E-state index in [2.05, 4.69) is 22.0 Å². The first-order valence-electron chi connectivity index (χ1n) is 10.1. The largest absolute Gasteiger partial charge is 0.478 e. The van der Waals surface area contributed by atoms with E-state index in [1.165, 1.54) is 5.56 Å². The Morgan fingerprint density at radius 1 is 1.13 bits per heavy atom. The molecule has 1 atom stereocenters. The van der Waals surface area contributed by atoms with Gasteiger partial charge in [0.2, 0.25) is 0 Å². The van der Waals surface area contributed by atoms with Crippen molar-refractivity contribution in [2.75, 3.05) is 25.0 Å². The number of ether oxygens (including phenoxy) is 1. The summed E-state index contributed by atoms with van der Waals surface area (Å²) in [4.78, 5) is 20.2. The topological polar surface area (TPSA) is 65.9 Å². The molecule has 30 heavy (non-hydrogen) atoms. The quantitative estimate of drug-likeness (QED) is 0.635. The monoisotopic (exact) mass is 403 g/mol. The summed E-state index contributed by atoms with van der Waals surface area (Å²) in [6.07, 6.45) is 2.61. The molecule has 1 N–H and O–H groups in total. The van der Waals surface area contributed by atoms with Crippen LogP contribution in [0.25, 0.3) is 0 Å². The lowest BCUT2D eigenvalue weighted by atomic mass is 10.2. The summed E-state index contributed by atoms with van der Waals surface area (Å²) in [5.41, 5.74) is 1.43. The van der Waals surface area contributed by atoms with Gasteiger partial charge in [-0.1, -0.05) is 30.3 Å². The first kappa shape index (κ1) is 19.9. The summed E-state index contributed by atoms with van der Waals surface area (Å²) in [6.45, 7) is 2.63. The number of likely N-dealkylation sites (tertiary alicyclic amines) is 1. The fraction of sp³-hybridized carbons (Fsp3) is 0.250. The first-order chi connectivity index (χ1) is 14.6. The predicted octanol–water partition coefficient (Wildman–Crippen LogP) is 4.28. The average molecular weight is 403 g/mol. The molecule has 0 bridgehead atoms. The van der Waals surface area contributed by atoms with Gasteiger partial charge < -0.3 is 14.7 Å². The van der Waals surface area contributed by atoms with Crippen LogP contribution in [0.2, 0.25) is 0 Å². The number of carbonyl (C=O) groups is 1. The summed E-state index contributed by atoms with van der Waals surface area (Å²) < 4.78 is 5.95. The van der Waals surface area contributed by atoms with E-state index in [-0.39, 0.29) is 11.6 Å². The second-order valence-corrected chi connectivity index (χ2v) is 7.53. The first-order valence-corrected chi connectivity index (χ1v) is 10.1. The molecule has 6 nitrogen and oxygen atoms in total. The lowest BCUT2D eigenvalue weighted by molar-refractivity contribution is 0.0697. The Balaban J connectivity index is 1.40. The molecule has 1 aromatic heterocycles. The van der Waals surface area contributed by atoms with Crippen molar-refractivity contribution in [3.05, 3.63) is 84.1 Å². The number of carboxylic acid groups (broad SMARTS) is 1. The molecular weight excluding hydrogens is 378 g/mol. The molecule has 2 heterocycles. The summed E-state index contributed by atoms with van der Waals surface area (Å²) >= 11 is 0. The zero-order chi connectivity index (χ0) is 20.9. The molecule has 0 aliphatic carbocycles. The van der Waals surface area contributed by atoms with Crippen LogP contribution < -0.4 is 9.64 Å². The highest BCUT2D eigenvalue weighted by Crippen LogP contribution is 2.26. The molecule has 0 spiro atoms. The highest BCUT2D eigenvalue weighted by molar-refractivity contribution is 5.93. The molecular formula is C24H25N3O3. The minimum atomic E-state index is -0.949. The van der Waals surface area contributed by atoms with Gasteiger partial charge in [0, 0.05) is 38.9 Å². The second kappa shape index (κ2) is 8.97. The van der Waals surface area contributed by atoms with Gasteiger partial charge in [-0.15, -0.1) is 0 Å². The third-order valence-electron chi connectivity index (χ3n) is 5.43. The van der Waals surface area contributed by atoms with E-state index in [0.29, 0.717) is 5.82 Å². The molecule has 1 aliphatic heterocycles. The number of para-hydroxylation sites is 1. The summed E-state index contributed by atoms with van der Waals surface area (Å²) in [5.74, 6) is 1.22. The van der Waals surface area contributed by atoms with Gasteiger partial charge in [0.1, 0.15) is 22.9 Å². The zero-order valence-electron chi connectivity index (χ0n) is 16.9.